The van der Waals surface area contributed by atoms with E-state index in [0.717, 1.165) is 5.56 Å². The largest absolute Gasteiger partial charge is 0.478 e. The van der Waals surface area contributed by atoms with E-state index in [1.54, 1.807) is 36.4 Å². The molecule has 0 bridgehead atoms. The van der Waals surface area contributed by atoms with Gasteiger partial charge in [-0.1, -0.05) is 24.3 Å². The number of aromatic nitrogens is 2. The van der Waals surface area contributed by atoms with Gasteiger partial charge in [0.2, 0.25) is 0 Å². The fourth-order valence-electron chi connectivity index (χ4n) is 2.24. The second-order valence-electron chi connectivity index (χ2n) is 4.91. The highest BCUT2D eigenvalue weighted by Gasteiger charge is 2.11. The minimum Gasteiger partial charge on any atom is -0.478 e. The van der Waals surface area contributed by atoms with E-state index in [1.165, 1.54) is 18.2 Å². The molecule has 2 aromatic carbocycles. The summed E-state index contributed by atoms with van der Waals surface area (Å²) in [5, 5.41) is 9.16. The van der Waals surface area contributed by atoms with E-state index in [1.807, 2.05) is 0 Å². The molecule has 0 aliphatic rings. The number of benzene rings is 2. The van der Waals surface area contributed by atoms with E-state index in [4.69, 9.17) is 5.11 Å². The van der Waals surface area contributed by atoms with E-state index < -0.39 is 12.6 Å². The fourth-order valence-corrected chi connectivity index (χ4v) is 2.24. The van der Waals surface area contributed by atoms with Gasteiger partial charge in [-0.3, -0.25) is 0 Å². The average Bonchev–Trinajstić information content (AvgIpc) is 2.96. The van der Waals surface area contributed by atoms with Crippen LogP contribution in [0.3, 0.4) is 0 Å². The third kappa shape index (κ3) is 3.40. The number of hydrogen-bond donors (Lipinski definition) is 2. The molecule has 2 N–H and O–H groups in total. The summed E-state index contributed by atoms with van der Waals surface area (Å²) in [5.41, 5.74) is 1.91. The molecular weight excluding hydrogens is 318 g/mol. The number of carboxylic acid groups (broad SMARTS) is 1. The van der Waals surface area contributed by atoms with Crippen LogP contribution in [0.25, 0.3) is 23.2 Å². The summed E-state index contributed by atoms with van der Waals surface area (Å²) in [4.78, 5) is 18.4. The molecule has 1 aromatic heterocycles. The number of fused-ring (bicyclic) bond motifs is 1. The molecule has 0 saturated heterocycles. The van der Waals surface area contributed by atoms with Gasteiger partial charge in [0, 0.05) is 0 Å². The second kappa shape index (κ2) is 6.49. The molecule has 0 atom stereocenters. The minimum atomic E-state index is -2.86. The lowest BCUT2D eigenvalue weighted by Gasteiger charge is -2.03. The predicted octanol–water partition coefficient (Wildman–Crippen LogP) is 4.03. The number of aromatic amines is 1. The van der Waals surface area contributed by atoms with Crippen LogP contribution < -0.4 is 4.74 Å². The lowest BCUT2D eigenvalue weighted by atomic mass is 10.2. The summed E-state index contributed by atoms with van der Waals surface area (Å²) in [5.74, 6) is -0.460. The number of carboxylic acids is 1. The molecule has 0 unspecified atom stereocenters. The number of halogens is 2. The molecule has 0 spiro atoms. The highest BCUT2D eigenvalue weighted by atomic mass is 19.3. The number of para-hydroxylation sites is 1. The van der Waals surface area contributed by atoms with Gasteiger partial charge in [-0.2, -0.15) is 8.78 Å². The number of carbonyl (C=O) groups is 1. The Morgan fingerprint density at radius 1 is 1.17 bits per heavy atom. The van der Waals surface area contributed by atoms with Crippen molar-refractivity contribution in [3.63, 3.8) is 0 Å². The lowest BCUT2D eigenvalue weighted by molar-refractivity contribution is -0.0498. The van der Waals surface area contributed by atoms with Crippen LogP contribution >= 0.6 is 0 Å². The minimum absolute atomic E-state index is 0.0805. The molecule has 0 radical (unpaired) electrons. The number of hydrogen-bond acceptors (Lipinski definition) is 3. The van der Waals surface area contributed by atoms with Crippen molar-refractivity contribution < 1.29 is 23.4 Å². The summed E-state index contributed by atoms with van der Waals surface area (Å²) >= 11 is 0. The van der Waals surface area contributed by atoms with Crippen LogP contribution in [-0.4, -0.2) is 27.7 Å². The Kier molecular flexibility index (Phi) is 4.24. The van der Waals surface area contributed by atoms with Gasteiger partial charge in [0.05, 0.1) is 16.6 Å². The molecule has 0 aliphatic carbocycles. The number of nitrogens with zero attached hydrogens (tertiary/aromatic N) is 1. The average molecular weight is 330 g/mol. The second-order valence-corrected chi connectivity index (χ2v) is 4.91. The Morgan fingerprint density at radius 2 is 1.92 bits per heavy atom. The normalized spacial score (nSPS) is 11.5. The molecule has 24 heavy (non-hydrogen) atoms. The number of rotatable bonds is 5. The van der Waals surface area contributed by atoms with E-state index in [0.29, 0.717) is 16.9 Å². The van der Waals surface area contributed by atoms with Crippen LogP contribution in [0.4, 0.5) is 8.78 Å². The van der Waals surface area contributed by atoms with E-state index in [2.05, 4.69) is 14.7 Å². The molecule has 0 amide bonds. The number of nitrogens with one attached hydrogen (secondary N) is 1. The fraction of sp³-hybridized carbons (Fsp3) is 0.0588. The highest BCUT2D eigenvalue weighted by Crippen LogP contribution is 2.19. The van der Waals surface area contributed by atoms with Gasteiger partial charge in [-0.05, 0) is 35.9 Å². The quantitative estimate of drug-likeness (QED) is 0.740. The molecular formula is C17H12F2N2O3. The maximum Gasteiger partial charge on any atom is 0.387 e. The van der Waals surface area contributed by atoms with Crippen molar-refractivity contribution in [2.75, 3.05) is 0 Å². The van der Waals surface area contributed by atoms with Gasteiger partial charge in [0.15, 0.2) is 0 Å². The number of H-pyrrole nitrogens is 1. The maximum atomic E-state index is 12.1. The summed E-state index contributed by atoms with van der Waals surface area (Å²) in [6.07, 6.45) is 3.40. The molecule has 1 heterocycles. The molecule has 3 rings (SSSR count). The van der Waals surface area contributed by atoms with E-state index >= 15 is 0 Å². The standard InChI is InChI=1S/C17H12F2N2O3/c18-17(19)24-11-7-4-10(5-8-11)6-9-14-20-13-3-1-2-12(16(22)23)15(13)21-14/h1-9,17H,(H,20,21)(H,22,23). The number of alkyl halides is 2. The number of ether oxygens (including phenoxy) is 1. The Labute approximate surface area is 135 Å². The van der Waals surface area contributed by atoms with Gasteiger partial charge < -0.3 is 14.8 Å². The molecule has 5 nitrogen and oxygen atoms in total. The monoisotopic (exact) mass is 330 g/mol. The summed E-state index contributed by atoms with van der Waals surface area (Å²) in [6.45, 7) is -2.86. The molecule has 3 aromatic rings. The van der Waals surface area contributed by atoms with Gasteiger partial charge >= 0.3 is 12.6 Å². The zero-order chi connectivity index (χ0) is 17.1. The first-order valence-electron chi connectivity index (χ1n) is 6.98. The van der Waals surface area contributed by atoms with Gasteiger partial charge in [0.1, 0.15) is 11.6 Å². The Balaban J connectivity index is 1.83. The first-order chi connectivity index (χ1) is 11.5. The molecule has 0 saturated carbocycles. The van der Waals surface area contributed by atoms with Crippen LogP contribution in [0, 0.1) is 0 Å². The van der Waals surface area contributed by atoms with Crippen molar-refractivity contribution in [3.8, 4) is 5.75 Å². The van der Waals surface area contributed by atoms with Crippen molar-refractivity contribution in [1.29, 1.82) is 0 Å². The third-order valence-electron chi connectivity index (χ3n) is 3.31. The van der Waals surface area contributed by atoms with Crippen LogP contribution in [-0.2, 0) is 0 Å². The first-order valence-corrected chi connectivity index (χ1v) is 6.98. The zero-order valence-corrected chi connectivity index (χ0v) is 12.2. The van der Waals surface area contributed by atoms with E-state index in [9.17, 15) is 13.6 Å². The topological polar surface area (TPSA) is 75.2 Å². The molecule has 0 aliphatic heterocycles. The number of aromatic carboxylic acids is 1. The van der Waals surface area contributed by atoms with Crippen molar-refractivity contribution in [2.45, 2.75) is 6.61 Å². The van der Waals surface area contributed by atoms with Crippen LogP contribution in [0.15, 0.2) is 42.5 Å². The number of imidazole rings is 1. The van der Waals surface area contributed by atoms with Crippen molar-refractivity contribution >= 4 is 29.2 Å². The SMILES string of the molecule is O=C(O)c1cccc2nc(C=Cc3ccc(OC(F)F)cc3)[nH]c12. The zero-order valence-electron chi connectivity index (χ0n) is 12.2. The summed E-state index contributed by atoms with van der Waals surface area (Å²) < 4.78 is 28.5. The maximum absolute atomic E-state index is 12.1. The highest BCUT2D eigenvalue weighted by molar-refractivity contribution is 6.01. The predicted molar refractivity (Wildman–Crippen MR) is 85.1 cm³/mol. The van der Waals surface area contributed by atoms with E-state index in [-0.39, 0.29) is 11.3 Å². The van der Waals surface area contributed by atoms with Crippen LogP contribution in [0.1, 0.15) is 21.7 Å². The van der Waals surface area contributed by atoms with Crippen LogP contribution in [0.5, 0.6) is 5.75 Å². The Morgan fingerprint density at radius 3 is 2.58 bits per heavy atom. The van der Waals surface area contributed by atoms with Crippen LogP contribution in [0.2, 0.25) is 0 Å². The third-order valence-corrected chi connectivity index (χ3v) is 3.31. The Hall–Kier alpha value is -3.22. The van der Waals surface area contributed by atoms with Crippen molar-refractivity contribution in [2.24, 2.45) is 0 Å². The molecule has 122 valence electrons. The molecule has 0 fully saturated rings. The summed E-state index contributed by atoms with van der Waals surface area (Å²) in [7, 11) is 0. The smallest absolute Gasteiger partial charge is 0.387 e. The van der Waals surface area contributed by atoms with Gasteiger partial charge in [0.25, 0.3) is 0 Å². The first kappa shape index (κ1) is 15.7. The van der Waals surface area contributed by atoms with Gasteiger partial charge in [-0.15, -0.1) is 0 Å². The Bertz CT molecular complexity index is 902. The lowest BCUT2D eigenvalue weighted by Crippen LogP contribution is -2.01. The van der Waals surface area contributed by atoms with Gasteiger partial charge in [-0.25, -0.2) is 9.78 Å². The van der Waals surface area contributed by atoms with Crippen molar-refractivity contribution in [3.05, 3.63) is 59.4 Å². The molecule has 7 heteroatoms. The van der Waals surface area contributed by atoms with Crippen molar-refractivity contribution in [1.82, 2.24) is 9.97 Å². The summed E-state index contributed by atoms with van der Waals surface area (Å²) in [6, 6.07) is 11.0.